The maximum atomic E-state index is 3.29. The fourth-order valence-electron chi connectivity index (χ4n) is 1.53. The Bertz CT molecular complexity index is 73.0. The summed E-state index contributed by atoms with van der Waals surface area (Å²) < 4.78 is 0. The summed E-state index contributed by atoms with van der Waals surface area (Å²) in [5.74, 6) is 0. The summed E-state index contributed by atoms with van der Waals surface area (Å²) in [5.41, 5.74) is 0. The van der Waals surface area contributed by atoms with Gasteiger partial charge in [-0.2, -0.15) is 0 Å². The standard InChI is InChI=1S/C7H16N2/c1-3-9-6-4-5-7(9)8-2/h7-8H,3-6H2,1-2H3. The average Bonchev–Trinajstić information content (AvgIpc) is 2.33. The van der Waals surface area contributed by atoms with Crippen molar-refractivity contribution >= 4 is 0 Å². The molecule has 1 heterocycles. The molecule has 0 saturated carbocycles. The van der Waals surface area contributed by atoms with E-state index in [2.05, 4.69) is 17.1 Å². The molecule has 54 valence electrons. The summed E-state index contributed by atoms with van der Waals surface area (Å²) in [6, 6.07) is 0. The lowest BCUT2D eigenvalue weighted by Gasteiger charge is -2.21. The Morgan fingerprint density at radius 2 is 2.44 bits per heavy atom. The number of nitrogens with one attached hydrogen (secondary N) is 1. The molecule has 1 N–H and O–H groups in total. The van der Waals surface area contributed by atoms with Gasteiger partial charge in [-0.25, -0.2) is 0 Å². The first-order valence-electron chi connectivity index (χ1n) is 3.79. The van der Waals surface area contributed by atoms with Gasteiger partial charge in [0.1, 0.15) is 0 Å². The molecule has 9 heavy (non-hydrogen) atoms. The Morgan fingerprint density at radius 1 is 1.67 bits per heavy atom. The third-order valence-corrected chi connectivity index (χ3v) is 2.10. The number of rotatable bonds is 2. The highest BCUT2D eigenvalue weighted by molar-refractivity contribution is 4.74. The van der Waals surface area contributed by atoms with Gasteiger partial charge in [-0.3, -0.25) is 4.90 Å². The Morgan fingerprint density at radius 3 is 2.89 bits per heavy atom. The summed E-state index contributed by atoms with van der Waals surface area (Å²) in [4.78, 5) is 2.47. The summed E-state index contributed by atoms with van der Waals surface area (Å²) >= 11 is 0. The quantitative estimate of drug-likeness (QED) is 0.587. The van der Waals surface area contributed by atoms with Gasteiger partial charge in [0.05, 0.1) is 6.17 Å². The van der Waals surface area contributed by atoms with Crippen LogP contribution in [0.25, 0.3) is 0 Å². The molecule has 0 radical (unpaired) electrons. The molecule has 2 nitrogen and oxygen atoms in total. The van der Waals surface area contributed by atoms with Crippen LogP contribution in [0.3, 0.4) is 0 Å². The SMILES string of the molecule is CCN1CCCC1NC. The minimum absolute atomic E-state index is 0.662. The second-order valence-electron chi connectivity index (χ2n) is 2.58. The Hall–Kier alpha value is -0.0800. The minimum atomic E-state index is 0.662. The van der Waals surface area contributed by atoms with E-state index in [4.69, 9.17) is 0 Å². The summed E-state index contributed by atoms with van der Waals surface area (Å²) in [6.45, 7) is 4.68. The van der Waals surface area contributed by atoms with Crippen molar-refractivity contribution in [3.05, 3.63) is 0 Å². The lowest BCUT2D eigenvalue weighted by molar-refractivity contribution is 0.240. The van der Waals surface area contributed by atoms with E-state index < -0.39 is 0 Å². The van der Waals surface area contributed by atoms with Gasteiger partial charge < -0.3 is 5.32 Å². The van der Waals surface area contributed by atoms with Crippen LogP contribution in [-0.2, 0) is 0 Å². The summed E-state index contributed by atoms with van der Waals surface area (Å²) in [6.07, 6.45) is 3.35. The highest BCUT2D eigenvalue weighted by Crippen LogP contribution is 2.12. The van der Waals surface area contributed by atoms with Crippen LogP contribution in [0.1, 0.15) is 19.8 Å². The molecular formula is C7H16N2. The van der Waals surface area contributed by atoms with E-state index in [0.717, 1.165) is 0 Å². The van der Waals surface area contributed by atoms with Gasteiger partial charge in [0.15, 0.2) is 0 Å². The molecular weight excluding hydrogens is 112 g/mol. The molecule has 0 aliphatic carbocycles. The van der Waals surface area contributed by atoms with Gasteiger partial charge in [-0.15, -0.1) is 0 Å². The lowest BCUT2D eigenvalue weighted by atomic mass is 10.3. The van der Waals surface area contributed by atoms with E-state index in [1.807, 2.05) is 7.05 Å². The first-order valence-corrected chi connectivity index (χ1v) is 3.79. The minimum Gasteiger partial charge on any atom is -0.305 e. The van der Waals surface area contributed by atoms with E-state index in [1.165, 1.54) is 25.9 Å². The van der Waals surface area contributed by atoms with Crippen LogP contribution in [-0.4, -0.2) is 31.2 Å². The zero-order valence-electron chi connectivity index (χ0n) is 6.35. The molecule has 1 saturated heterocycles. The Kier molecular flexibility index (Phi) is 2.49. The number of hydrogen-bond acceptors (Lipinski definition) is 2. The number of likely N-dealkylation sites (tertiary alicyclic amines) is 1. The zero-order chi connectivity index (χ0) is 6.69. The summed E-state index contributed by atoms with van der Waals surface area (Å²) in [5, 5.41) is 3.29. The molecule has 0 aromatic rings. The van der Waals surface area contributed by atoms with Crippen molar-refractivity contribution in [3.8, 4) is 0 Å². The van der Waals surface area contributed by atoms with Gasteiger partial charge in [-0.1, -0.05) is 6.92 Å². The van der Waals surface area contributed by atoms with E-state index in [-0.39, 0.29) is 0 Å². The van der Waals surface area contributed by atoms with E-state index in [9.17, 15) is 0 Å². The Labute approximate surface area is 57.2 Å². The van der Waals surface area contributed by atoms with Crippen molar-refractivity contribution in [3.63, 3.8) is 0 Å². The highest BCUT2D eigenvalue weighted by Gasteiger charge is 2.19. The highest BCUT2D eigenvalue weighted by atomic mass is 15.3. The molecule has 1 aliphatic rings. The molecule has 2 heteroatoms. The van der Waals surface area contributed by atoms with Gasteiger partial charge in [-0.05, 0) is 33.0 Å². The van der Waals surface area contributed by atoms with Gasteiger partial charge in [0.2, 0.25) is 0 Å². The molecule has 1 atom stereocenters. The topological polar surface area (TPSA) is 15.3 Å². The number of hydrogen-bond donors (Lipinski definition) is 1. The molecule has 1 unspecified atom stereocenters. The van der Waals surface area contributed by atoms with Crippen LogP contribution in [0.4, 0.5) is 0 Å². The molecule has 0 amide bonds. The third kappa shape index (κ3) is 1.43. The van der Waals surface area contributed by atoms with Crippen LogP contribution in [0.15, 0.2) is 0 Å². The molecule has 1 fully saturated rings. The first kappa shape index (κ1) is 7.03. The molecule has 0 aromatic carbocycles. The molecule has 0 spiro atoms. The molecule has 1 rings (SSSR count). The van der Waals surface area contributed by atoms with E-state index >= 15 is 0 Å². The van der Waals surface area contributed by atoms with Crippen molar-refractivity contribution in [2.24, 2.45) is 0 Å². The van der Waals surface area contributed by atoms with Crippen molar-refractivity contribution in [2.75, 3.05) is 20.1 Å². The normalized spacial score (nSPS) is 29.3. The lowest BCUT2D eigenvalue weighted by Crippen LogP contribution is -2.38. The van der Waals surface area contributed by atoms with Crippen molar-refractivity contribution < 1.29 is 0 Å². The van der Waals surface area contributed by atoms with Crippen molar-refractivity contribution in [1.82, 2.24) is 10.2 Å². The maximum absolute atomic E-state index is 3.29. The van der Waals surface area contributed by atoms with Crippen LogP contribution < -0.4 is 5.32 Å². The second-order valence-corrected chi connectivity index (χ2v) is 2.58. The van der Waals surface area contributed by atoms with E-state index in [1.54, 1.807) is 0 Å². The van der Waals surface area contributed by atoms with Crippen molar-refractivity contribution in [1.29, 1.82) is 0 Å². The van der Waals surface area contributed by atoms with Crippen LogP contribution in [0.2, 0.25) is 0 Å². The second kappa shape index (κ2) is 3.18. The van der Waals surface area contributed by atoms with Crippen LogP contribution in [0, 0.1) is 0 Å². The number of nitrogens with zero attached hydrogens (tertiary/aromatic N) is 1. The summed E-state index contributed by atoms with van der Waals surface area (Å²) in [7, 11) is 2.04. The predicted molar refractivity (Wildman–Crippen MR) is 39.3 cm³/mol. The first-order chi connectivity index (χ1) is 4.38. The third-order valence-electron chi connectivity index (χ3n) is 2.10. The van der Waals surface area contributed by atoms with Gasteiger partial charge >= 0.3 is 0 Å². The fourth-order valence-corrected chi connectivity index (χ4v) is 1.53. The van der Waals surface area contributed by atoms with Crippen molar-refractivity contribution in [2.45, 2.75) is 25.9 Å². The fraction of sp³-hybridized carbons (Fsp3) is 1.00. The largest absolute Gasteiger partial charge is 0.305 e. The molecule has 1 aliphatic heterocycles. The van der Waals surface area contributed by atoms with Gasteiger partial charge in [0, 0.05) is 0 Å². The van der Waals surface area contributed by atoms with Crippen LogP contribution >= 0.6 is 0 Å². The zero-order valence-corrected chi connectivity index (χ0v) is 6.35. The maximum Gasteiger partial charge on any atom is 0.0594 e. The average molecular weight is 128 g/mol. The predicted octanol–water partition coefficient (Wildman–Crippen LogP) is 0.648. The van der Waals surface area contributed by atoms with Crippen LogP contribution in [0.5, 0.6) is 0 Å². The Balaban J connectivity index is 2.32. The monoisotopic (exact) mass is 128 g/mol. The molecule has 0 aromatic heterocycles. The smallest absolute Gasteiger partial charge is 0.0594 e. The molecule has 0 bridgehead atoms. The van der Waals surface area contributed by atoms with Gasteiger partial charge in [0.25, 0.3) is 0 Å². The van der Waals surface area contributed by atoms with E-state index in [0.29, 0.717) is 6.17 Å².